The summed E-state index contributed by atoms with van der Waals surface area (Å²) in [6.45, 7) is 2.27. The lowest BCUT2D eigenvalue weighted by atomic mass is 10.0. The van der Waals surface area contributed by atoms with Crippen molar-refractivity contribution in [2.24, 2.45) is 0 Å². The quantitative estimate of drug-likeness (QED) is 0.756. The standard InChI is InChI=1S/C16H20ClNO5S/c1-11-5-3-4-8-18(11)15(19)10-23-16(20)12-6-7-13(17)14(9-12)24(2,21)22/h6-7,9,11H,3-5,8,10H2,1-2H3. The van der Waals surface area contributed by atoms with Crippen molar-refractivity contribution in [2.45, 2.75) is 37.1 Å². The molecule has 24 heavy (non-hydrogen) atoms. The molecule has 0 spiro atoms. The summed E-state index contributed by atoms with van der Waals surface area (Å²) in [5.41, 5.74) is 0.0410. The van der Waals surface area contributed by atoms with Gasteiger partial charge in [0.2, 0.25) is 0 Å². The van der Waals surface area contributed by atoms with E-state index >= 15 is 0 Å². The Hall–Kier alpha value is -1.60. The van der Waals surface area contributed by atoms with E-state index in [0.717, 1.165) is 31.6 Å². The molecule has 0 aliphatic carbocycles. The summed E-state index contributed by atoms with van der Waals surface area (Å²) in [7, 11) is -3.56. The Kier molecular flexibility index (Phi) is 5.87. The molecule has 0 bridgehead atoms. The summed E-state index contributed by atoms with van der Waals surface area (Å²) in [5.74, 6) is -0.998. The summed E-state index contributed by atoms with van der Waals surface area (Å²) >= 11 is 5.84. The van der Waals surface area contributed by atoms with E-state index in [1.165, 1.54) is 12.1 Å². The topological polar surface area (TPSA) is 80.8 Å². The number of carbonyl (C=O) groups is 2. The lowest BCUT2D eigenvalue weighted by Gasteiger charge is -2.33. The van der Waals surface area contributed by atoms with Crippen LogP contribution < -0.4 is 0 Å². The van der Waals surface area contributed by atoms with Gasteiger partial charge in [-0.05, 0) is 44.4 Å². The Morgan fingerprint density at radius 1 is 1.33 bits per heavy atom. The lowest BCUT2D eigenvalue weighted by Crippen LogP contribution is -2.44. The highest BCUT2D eigenvalue weighted by Crippen LogP contribution is 2.23. The molecule has 0 radical (unpaired) electrons. The number of rotatable bonds is 4. The first-order valence-corrected chi connectivity index (χ1v) is 9.93. The largest absolute Gasteiger partial charge is 0.452 e. The van der Waals surface area contributed by atoms with Crippen LogP contribution >= 0.6 is 11.6 Å². The number of hydrogen-bond acceptors (Lipinski definition) is 5. The van der Waals surface area contributed by atoms with E-state index in [1.807, 2.05) is 6.92 Å². The van der Waals surface area contributed by atoms with Crippen LogP contribution in [0.25, 0.3) is 0 Å². The Morgan fingerprint density at radius 3 is 2.67 bits per heavy atom. The lowest BCUT2D eigenvalue weighted by molar-refractivity contribution is -0.137. The van der Waals surface area contributed by atoms with E-state index in [4.69, 9.17) is 16.3 Å². The van der Waals surface area contributed by atoms with Crippen molar-refractivity contribution in [2.75, 3.05) is 19.4 Å². The zero-order chi connectivity index (χ0) is 17.9. The van der Waals surface area contributed by atoms with Gasteiger partial charge in [0.05, 0.1) is 15.5 Å². The molecule has 1 aliphatic rings. The summed E-state index contributed by atoms with van der Waals surface area (Å²) < 4.78 is 28.3. The number of carbonyl (C=O) groups excluding carboxylic acids is 2. The molecule has 0 saturated carbocycles. The number of piperidine rings is 1. The summed E-state index contributed by atoms with van der Waals surface area (Å²) in [5, 5.41) is 0.0345. The number of likely N-dealkylation sites (tertiary alicyclic amines) is 1. The van der Waals surface area contributed by atoms with Gasteiger partial charge in [-0.15, -0.1) is 0 Å². The second-order valence-corrected chi connectivity index (χ2v) is 8.32. The van der Waals surface area contributed by atoms with Crippen LogP contribution in [-0.4, -0.2) is 50.6 Å². The van der Waals surface area contributed by atoms with Gasteiger partial charge in [-0.2, -0.15) is 0 Å². The highest BCUT2D eigenvalue weighted by molar-refractivity contribution is 7.90. The minimum atomic E-state index is -3.56. The molecule has 8 heteroatoms. The molecule has 132 valence electrons. The minimum absolute atomic E-state index is 0.0345. The fourth-order valence-electron chi connectivity index (χ4n) is 2.68. The van der Waals surface area contributed by atoms with E-state index in [9.17, 15) is 18.0 Å². The van der Waals surface area contributed by atoms with E-state index in [1.54, 1.807) is 4.90 Å². The van der Waals surface area contributed by atoms with Crippen LogP contribution in [0.4, 0.5) is 0 Å². The molecule has 1 heterocycles. The van der Waals surface area contributed by atoms with Crippen molar-refractivity contribution in [1.29, 1.82) is 0 Å². The molecule has 1 aromatic carbocycles. The third-order valence-corrected chi connectivity index (χ3v) is 5.59. The molecule has 0 aromatic heterocycles. The van der Waals surface area contributed by atoms with Crippen molar-refractivity contribution in [3.8, 4) is 0 Å². The Morgan fingerprint density at radius 2 is 2.04 bits per heavy atom. The molecular formula is C16H20ClNO5S. The SMILES string of the molecule is CC1CCCCN1C(=O)COC(=O)c1ccc(Cl)c(S(C)(=O)=O)c1. The monoisotopic (exact) mass is 373 g/mol. The Balaban J connectivity index is 2.04. The highest BCUT2D eigenvalue weighted by atomic mass is 35.5. The van der Waals surface area contributed by atoms with Crippen molar-refractivity contribution < 1.29 is 22.7 Å². The number of halogens is 1. The fourth-order valence-corrected chi connectivity index (χ4v) is 3.98. The molecule has 1 amide bonds. The molecule has 2 rings (SSSR count). The average Bonchev–Trinajstić information content (AvgIpc) is 2.52. The normalized spacial score (nSPS) is 18.3. The summed E-state index contributed by atoms with van der Waals surface area (Å²) in [4.78, 5) is 25.8. The zero-order valence-electron chi connectivity index (χ0n) is 13.6. The predicted molar refractivity (Wildman–Crippen MR) is 89.9 cm³/mol. The predicted octanol–water partition coefficient (Wildman–Crippen LogP) is 2.30. The highest BCUT2D eigenvalue weighted by Gasteiger charge is 2.24. The molecule has 1 atom stereocenters. The second-order valence-electron chi connectivity index (χ2n) is 5.93. The van der Waals surface area contributed by atoms with Crippen molar-refractivity contribution in [1.82, 2.24) is 4.90 Å². The van der Waals surface area contributed by atoms with Gasteiger partial charge in [0, 0.05) is 18.8 Å². The number of sulfone groups is 1. The summed E-state index contributed by atoms with van der Waals surface area (Å²) in [6, 6.07) is 3.99. The molecule has 1 fully saturated rings. The fraction of sp³-hybridized carbons (Fsp3) is 0.500. The molecule has 6 nitrogen and oxygen atoms in total. The smallest absolute Gasteiger partial charge is 0.338 e. The van der Waals surface area contributed by atoms with Crippen LogP contribution in [0.3, 0.4) is 0 Å². The molecule has 1 aromatic rings. The molecule has 0 N–H and O–H groups in total. The van der Waals surface area contributed by atoms with Crippen LogP contribution in [0, 0.1) is 0 Å². The van der Waals surface area contributed by atoms with Crippen molar-refractivity contribution in [3.05, 3.63) is 28.8 Å². The Bertz CT molecular complexity index is 747. The first-order valence-electron chi connectivity index (χ1n) is 7.66. The molecule has 1 saturated heterocycles. The van der Waals surface area contributed by atoms with Gasteiger partial charge in [-0.25, -0.2) is 13.2 Å². The van der Waals surface area contributed by atoms with Gasteiger partial charge in [-0.3, -0.25) is 4.79 Å². The number of hydrogen-bond donors (Lipinski definition) is 0. The maximum Gasteiger partial charge on any atom is 0.338 e. The van der Waals surface area contributed by atoms with Gasteiger partial charge in [0.15, 0.2) is 16.4 Å². The third-order valence-electron chi connectivity index (χ3n) is 4.02. The maximum atomic E-state index is 12.2. The zero-order valence-corrected chi connectivity index (χ0v) is 15.2. The van der Waals surface area contributed by atoms with Gasteiger partial charge in [-0.1, -0.05) is 11.6 Å². The average molecular weight is 374 g/mol. The number of benzene rings is 1. The van der Waals surface area contributed by atoms with E-state index in [-0.39, 0.29) is 34.0 Å². The number of ether oxygens (including phenoxy) is 1. The van der Waals surface area contributed by atoms with Crippen molar-refractivity contribution in [3.63, 3.8) is 0 Å². The number of esters is 1. The Labute approximate surface area is 146 Å². The second kappa shape index (κ2) is 7.53. The molecular weight excluding hydrogens is 354 g/mol. The van der Waals surface area contributed by atoms with E-state index < -0.39 is 15.8 Å². The first kappa shape index (κ1) is 18.7. The first-order chi connectivity index (χ1) is 11.2. The molecule has 1 unspecified atom stereocenters. The summed E-state index contributed by atoms with van der Waals surface area (Å²) in [6.07, 6.45) is 3.97. The van der Waals surface area contributed by atoms with Gasteiger partial charge in [0.25, 0.3) is 5.91 Å². The molecule has 1 aliphatic heterocycles. The van der Waals surface area contributed by atoms with Gasteiger partial charge in [0.1, 0.15) is 0 Å². The van der Waals surface area contributed by atoms with Gasteiger partial charge >= 0.3 is 5.97 Å². The van der Waals surface area contributed by atoms with E-state index in [0.29, 0.717) is 6.54 Å². The minimum Gasteiger partial charge on any atom is -0.452 e. The van der Waals surface area contributed by atoms with Gasteiger partial charge < -0.3 is 9.64 Å². The number of amides is 1. The third kappa shape index (κ3) is 4.48. The van der Waals surface area contributed by atoms with E-state index in [2.05, 4.69) is 0 Å². The van der Waals surface area contributed by atoms with Crippen LogP contribution in [0.15, 0.2) is 23.1 Å². The van der Waals surface area contributed by atoms with Crippen molar-refractivity contribution >= 4 is 33.3 Å². The van der Waals surface area contributed by atoms with Crippen LogP contribution in [0.1, 0.15) is 36.5 Å². The van der Waals surface area contributed by atoms with Crippen LogP contribution in [0.2, 0.25) is 5.02 Å². The van der Waals surface area contributed by atoms with Crippen LogP contribution in [-0.2, 0) is 19.4 Å². The maximum absolute atomic E-state index is 12.2. The number of nitrogens with zero attached hydrogens (tertiary/aromatic N) is 1. The van der Waals surface area contributed by atoms with Crippen LogP contribution in [0.5, 0.6) is 0 Å².